The molecule has 116 valence electrons. The van der Waals surface area contributed by atoms with Gasteiger partial charge in [0.2, 0.25) is 6.41 Å². The van der Waals surface area contributed by atoms with E-state index in [1.165, 1.54) is 0 Å². The molecule has 1 N–H and O–H groups in total. The summed E-state index contributed by atoms with van der Waals surface area (Å²) in [6, 6.07) is 14.2. The van der Waals surface area contributed by atoms with E-state index in [9.17, 15) is 4.79 Å². The van der Waals surface area contributed by atoms with Crippen molar-refractivity contribution in [3.05, 3.63) is 63.6 Å². The van der Waals surface area contributed by atoms with Crippen LogP contribution in [0.15, 0.2) is 48.5 Å². The maximum Gasteiger partial charge on any atom is 0.212 e. The number of carbonyl (C=O) groups is 1. The number of nitrogens with one attached hydrogen (secondary N) is 1. The van der Waals surface area contributed by atoms with Crippen LogP contribution in [0.1, 0.15) is 0 Å². The van der Waals surface area contributed by atoms with Crippen molar-refractivity contribution in [3.8, 4) is 16.9 Å². The van der Waals surface area contributed by atoms with Gasteiger partial charge in [-0.05, 0) is 30.3 Å². The van der Waals surface area contributed by atoms with Crippen molar-refractivity contribution in [1.82, 2.24) is 9.78 Å². The Kier molecular flexibility index (Phi) is 4.57. The molecule has 3 aromatic rings. The van der Waals surface area contributed by atoms with E-state index in [0.29, 0.717) is 33.0 Å². The van der Waals surface area contributed by atoms with Crippen molar-refractivity contribution in [2.45, 2.75) is 0 Å². The molecule has 1 heterocycles. The Morgan fingerprint density at radius 3 is 2.30 bits per heavy atom. The number of benzene rings is 2. The Hall–Kier alpha value is -2.01. The molecule has 0 radical (unpaired) electrons. The molecule has 1 aromatic heterocycles. The topological polar surface area (TPSA) is 46.9 Å². The third-order valence-electron chi connectivity index (χ3n) is 3.19. The molecule has 0 unspecified atom stereocenters. The van der Waals surface area contributed by atoms with Gasteiger partial charge in [0, 0.05) is 21.7 Å². The summed E-state index contributed by atoms with van der Waals surface area (Å²) in [5, 5.41) is 8.54. The molecule has 0 aliphatic heterocycles. The van der Waals surface area contributed by atoms with Gasteiger partial charge in [-0.25, -0.2) is 4.68 Å². The molecular formula is C16H10Cl3N3O. The second-order valence-corrected chi connectivity index (χ2v) is 5.97. The Morgan fingerprint density at radius 2 is 1.65 bits per heavy atom. The number of carbonyl (C=O) groups excluding carboxylic acids is 1. The zero-order valence-corrected chi connectivity index (χ0v) is 13.9. The number of rotatable bonds is 4. The minimum Gasteiger partial charge on any atom is -0.312 e. The van der Waals surface area contributed by atoms with Gasteiger partial charge >= 0.3 is 0 Å². The number of hydrogen-bond donors (Lipinski definition) is 1. The van der Waals surface area contributed by atoms with Crippen LogP contribution in [0.5, 0.6) is 0 Å². The fourth-order valence-electron chi connectivity index (χ4n) is 2.17. The molecule has 1 amide bonds. The highest BCUT2D eigenvalue weighted by Gasteiger charge is 2.14. The van der Waals surface area contributed by atoms with Gasteiger partial charge in [-0.15, -0.1) is 5.10 Å². The highest BCUT2D eigenvalue weighted by molar-refractivity contribution is 6.35. The molecule has 0 aliphatic carbocycles. The lowest BCUT2D eigenvalue weighted by atomic mass is 10.1. The highest BCUT2D eigenvalue weighted by Crippen LogP contribution is 2.31. The molecule has 7 heteroatoms. The molecule has 0 aliphatic rings. The average molecular weight is 367 g/mol. The predicted octanol–water partition coefficient (Wildman–Crippen LogP) is 5.07. The zero-order chi connectivity index (χ0) is 16.4. The van der Waals surface area contributed by atoms with E-state index in [-0.39, 0.29) is 0 Å². The SMILES string of the molecule is O=CNc1cc(-c2ccc(Cl)cc2)n(-c2ccc(Cl)cc2Cl)n1. The average Bonchev–Trinajstić information content (AvgIpc) is 2.92. The van der Waals surface area contributed by atoms with E-state index in [1.54, 1.807) is 41.1 Å². The summed E-state index contributed by atoms with van der Waals surface area (Å²) in [4.78, 5) is 10.7. The van der Waals surface area contributed by atoms with Crippen molar-refractivity contribution in [2.24, 2.45) is 0 Å². The van der Waals surface area contributed by atoms with Crippen LogP contribution >= 0.6 is 34.8 Å². The summed E-state index contributed by atoms with van der Waals surface area (Å²) in [6.07, 6.45) is 0.571. The van der Waals surface area contributed by atoms with Gasteiger partial charge in [0.05, 0.1) is 16.4 Å². The zero-order valence-electron chi connectivity index (χ0n) is 11.6. The van der Waals surface area contributed by atoms with Crippen LogP contribution < -0.4 is 5.32 Å². The van der Waals surface area contributed by atoms with Crippen LogP contribution in [0.3, 0.4) is 0 Å². The Bertz CT molecular complexity index is 860. The lowest BCUT2D eigenvalue weighted by molar-refractivity contribution is -0.105. The second-order valence-electron chi connectivity index (χ2n) is 4.69. The molecule has 2 aromatic carbocycles. The van der Waals surface area contributed by atoms with E-state index in [1.807, 2.05) is 12.1 Å². The highest BCUT2D eigenvalue weighted by atomic mass is 35.5. The molecule has 4 nitrogen and oxygen atoms in total. The number of aromatic nitrogens is 2. The molecular weight excluding hydrogens is 357 g/mol. The number of nitrogens with zero attached hydrogens (tertiary/aromatic N) is 2. The van der Waals surface area contributed by atoms with Crippen molar-refractivity contribution < 1.29 is 4.79 Å². The lowest BCUT2D eigenvalue weighted by Gasteiger charge is -2.09. The maximum atomic E-state index is 10.7. The van der Waals surface area contributed by atoms with Crippen molar-refractivity contribution in [1.29, 1.82) is 0 Å². The normalized spacial score (nSPS) is 10.6. The first-order valence-corrected chi connectivity index (χ1v) is 7.73. The van der Waals surface area contributed by atoms with Crippen LogP contribution in [0.25, 0.3) is 16.9 Å². The number of halogens is 3. The first-order chi connectivity index (χ1) is 11.1. The van der Waals surface area contributed by atoms with Crippen molar-refractivity contribution in [2.75, 3.05) is 5.32 Å². The van der Waals surface area contributed by atoms with Gasteiger partial charge in [0.25, 0.3) is 0 Å². The molecule has 0 fully saturated rings. The van der Waals surface area contributed by atoms with E-state index in [0.717, 1.165) is 11.3 Å². The second kappa shape index (κ2) is 6.62. The van der Waals surface area contributed by atoms with E-state index in [4.69, 9.17) is 34.8 Å². The molecule has 0 spiro atoms. The van der Waals surface area contributed by atoms with Crippen LogP contribution in [0, 0.1) is 0 Å². The number of hydrogen-bond acceptors (Lipinski definition) is 2. The summed E-state index contributed by atoms with van der Waals surface area (Å²) in [6.45, 7) is 0. The first kappa shape index (κ1) is 15.9. The number of amides is 1. The van der Waals surface area contributed by atoms with E-state index < -0.39 is 0 Å². The molecule has 0 saturated heterocycles. The fourth-order valence-corrected chi connectivity index (χ4v) is 2.79. The third-order valence-corrected chi connectivity index (χ3v) is 3.98. The molecule has 23 heavy (non-hydrogen) atoms. The largest absolute Gasteiger partial charge is 0.312 e. The Balaban J connectivity index is 2.18. The summed E-state index contributed by atoms with van der Waals surface area (Å²) >= 11 is 18.2. The number of anilines is 1. The van der Waals surface area contributed by atoms with Crippen molar-refractivity contribution >= 4 is 47.0 Å². The van der Waals surface area contributed by atoms with Crippen LogP contribution in [-0.4, -0.2) is 16.2 Å². The first-order valence-electron chi connectivity index (χ1n) is 6.60. The van der Waals surface area contributed by atoms with Gasteiger partial charge in [0.15, 0.2) is 5.82 Å². The molecule has 0 bridgehead atoms. The van der Waals surface area contributed by atoms with E-state index in [2.05, 4.69) is 10.4 Å². The minimum absolute atomic E-state index is 0.413. The smallest absolute Gasteiger partial charge is 0.212 e. The predicted molar refractivity (Wildman–Crippen MR) is 93.7 cm³/mol. The molecule has 3 rings (SSSR count). The van der Waals surface area contributed by atoms with Crippen LogP contribution in [0.4, 0.5) is 5.82 Å². The monoisotopic (exact) mass is 365 g/mol. The fraction of sp³-hybridized carbons (Fsp3) is 0. The summed E-state index contributed by atoms with van der Waals surface area (Å²) in [5.74, 6) is 0.413. The van der Waals surface area contributed by atoms with Crippen LogP contribution in [-0.2, 0) is 4.79 Å². The van der Waals surface area contributed by atoms with Gasteiger partial charge in [0.1, 0.15) is 0 Å². The lowest BCUT2D eigenvalue weighted by Crippen LogP contribution is -2.01. The van der Waals surface area contributed by atoms with Crippen molar-refractivity contribution in [3.63, 3.8) is 0 Å². The van der Waals surface area contributed by atoms with Gasteiger partial charge in [-0.1, -0.05) is 46.9 Å². The summed E-state index contributed by atoms with van der Waals surface area (Å²) in [5.41, 5.74) is 2.29. The molecule has 0 atom stereocenters. The van der Waals surface area contributed by atoms with Gasteiger partial charge in [-0.2, -0.15) is 0 Å². The van der Waals surface area contributed by atoms with Gasteiger partial charge in [-0.3, -0.25) is 4.79 Å². The summed E-state index contributed by atoms with van der Waals surface area (Å²) in [7, 11) is 0. The Morgan fingerprint density at radius 1 is 0.957 bits per heavy atom. The quantitative estimate of drug-likeness (QED) is 0.655. The van der Waals surface area contributed by atoms with Crippen LogP contribution in [0.2, 0.25) is 15.1 Å². The minimum atomic E-state index is 0.413. The standard InChI is InChI=1S/C16H10Cl3N3O/c17-11-3-1-10(2-4-11)15-8-16(20-9-23)21-22(15)14-6-5-12(18)7-13(14)19/h1-9H,(H,20,21,23). The maximum absolute atomic E-state index is 10.7. The Labute approximate surface area is 147 Å². The van der Waals surface area contributed by atoms with Gasteiger partial charge < -0.3 is 5.32 Å². The summed E-state index contributed by atoms with van der Waals surface area (Å²) < 4.78 is 1.65. The molecule has 0 saturated carbocycles. The third kappa shape index (κ3) is 3.34. The van der Waals surface area contributed by atoms with E-state index >= 15 is 0 Å².